The van der Waals surface area contributed by atoms with E-state index in [1.165, 1.54) is 0 Å². The van der Waals surface area contributed by atoms with Gasteiger partial charge in [-0.1, -0.05) is 6.42 Å². The van der Waals surface area contributed by atoms with Gasteiger partial charge >= 0.3 is 5.97 Å². The summed E-state index contributed by atoms with van der Waals surface area (Å²) < 4.78 is 11.0. The second kappa shape index (κ2) is 9.88. The monoisotopic (exact) mass is 327 g/mol. The SMILES string of the molecule is O=C(O)C1CCCC(C(=O)NCCCOCC2CCOCC2)C1. The number of carbonyl (C=O) groups excluding carboxylic acids is 1. The van der Waals surface area contributed by atoms with Crippen LogP contribution in [0.3, 0.4) is 0 Å². The Balaban J connectivity index is 1.51. The molecule has 0 aromatic rings. The van der Waals surface area contributed by atoms with E-state index in [9.17, 15) is 9.59 Å². The molecule has 1 aliphatic heterocycles. The quantitative estimate of drug-likeness (QED) is 0.664. The summed E-state index contributed by atoms with van der Waals surface area (Å²) in [6, 6.07) is 0. The summed E-state index contributed by atoms with van der Waals surface area (Å²) in [6.07, 6.45) is 5.73. The zero-order valence-electron chi connectivity index (χ0n) is 13.8. The highest BCUT2D eigenvalue weighted by atomic mass is 16.5. The number of nitrogens with one attached hydrogen (secondary N) is 1. The summed E-state index contributed by atoms with van der Waals surface area (Å²) in [6.45, 7) is 3.70. The average molecular weight is 327 g/mol. The first-order chi connectivity index (χ1) is 11.2. The van der Waals surface area contributed by atoms with Gasteiger partial charge in [0, 0.05) is 38.9 Å². The molecule has 0 bridgehead atoms. The molecule has 1 amide bonds. The fourth-order valence-corrected chi connectivity index (χ4v) is 3.35. The van der Waals surface area contributed by atoms with Crippen molar-refractivity contribution in [2.75, 3.05) is 33.0 Å². The lowest BCUT2D eigenvalue weighted by atomic mass is 9.81. The Morgan fingerprint density at radius 2 is 1.87 bits per heavy atom. The van der Waals surface area contributed by atoms with E-state index in [4.69, 9.17) is 14.6 Å². The first-order valence-corrected chi connectivity index (χ1v) is 8.83. The van der Waals surface area contributed by atoms with E-state index >= 15 is 0 Å². The Kier molecular flexibility index (Phi) is 7.82. The van der Waals surface area contributed by atoms with Gasteiger partial charge in [-0.15, -0.1) is 0 Å². The Hall–Kier alpha value is -1.14. The number of aliphatic carboxylic acids is 1. The number of hydrogen-bond donors (Lipinski definition) is 2. The first kappa shape index (κ1) is 18.2. The number of carboxylic acid groups (broad SMARTS) is 1. The Bertz CT molecular complexity index is 381. The minimum absolute atomic E-state index is 0.000351. The maximum Gasteiger partial charge on any atom is 0.306 e. The zero-order chi connectivity index (χ0) is 16.5. The molecule has 2 rings (SSSR count). The molecule has 6 heteroatoms. The standard InChI is InChI=1S/C17H29NO5/c19-16(14-3-1-4-15(11-14)17(20)21)18-7-2-8-23-12-13-5-9-22-10-6-13/h13-15H,1-12H2,(H,18,19)(H,20,21). The maximum atomic E-state index is 12.1. The smallest absolute Gasteiger partial charge is 0.306 e. The molecule has 2 N–H and O–H groups in total. The van der Waals surface area contributed by atoms with E-state index in [0.29, 0.717) is 31.9 Å². The van der Waals surface area contributed by atoms with Crippen molar-refractivity contribution in [3.05, 3.63) is 0 Å². The van der Waals surface area contributed by atoms with Crippen molar-refractivity contribution in [1.82, 2.24) is 5.32 Å². The van der Waals surface area contributed by atoms with Crippen molar-refractivity contribution in [1.29, 1.82) is 0 Å². The van der Waals surface area contributed by atoms with Crippen LogP contribution < -0.4 is 5.32 Å². The summed E-state index contributed by atoms with van der Waals surface area (Å²) in [4.78, 5) is 23.1. The van der Waals surface area contributed by atoms with Gasteiger partial charge in [0.1, 0.15) is 0 Å². The Morgan fingerprint density at radius 3 is 2.61 bits per heavy atom. The molecule has 1 saturated heterocycles. The van der Waals surface area contributed by atoms with E-state index < -0.39 is 5.97 Å². The van der Waals surface area contributed by atoms with Gasteiger partial charge in [0.05, 0.1) is 5.92 Å². The number of amides is 1. The zero-order valence-corrected chi connectivity index (χ0v) is 13.8. The van der Waals surface area contributed by atoms with Gasteiger partial charge in [-0.3, -0.25) is 9.59 Å². The lowest BCUT2D eigenvalue weighted by Crippen LogP contribution is -2.36. The van der Waals surface area contributed by atoms with E-state index in [-0.39, 0.29) is 17.7 Å². The summed E-state index contributed by atoms with van der Waals surface area (Å²) in [5.41, 5.74) is 0. The maximum absolute atomic E-state index is 12.1. The van der Waals surface area contributed by atoms with E-state index in [2.05, 4.69) is 5.32 Å². The summed E-state index contributed by atoms with van der Waals surface area (Å²) in [5.74, 6) is -0.673. The molecule has 0 aromatic carbocycles. The van der Waals surface area contributed by atoms with E-state index in [1.54, 1.807) is 0 Å². The number of carbonyl (C=O) groups is 2. The second-order valence-electron chi connectivity index (χ2n) is 6.67. The topological polar surface area (TPSA) is 84.9 Å². The normalized spacial score (nSPS) is 25.9. The van der Waals surface area contributed by atoms with Crippen molar-refractivity contribution in [3.8, 4) is 0 Å². The number of carboxylic acids is 1. The van der Waals surface area contributed by atoms with Crippen molar-refractivity contribution < 1.29 is 24.2 Å². The molecule has 132 valence electrons. The van der Waals surface area contributed by atoms with Crippen molar-refractivity contribution in [3.63, 3.8) is 0 Å². The Morgan fingerprint density at radius 1 is 1.13 bits per heavy atom. The first-order valence-electron chi connectivity index (χ1n) is 8.83. The highest BCUT2D eigenvalue weighted by molar-refractivity contribution is 5.80. The minimum atomic E-state index is -0.774. The predicted molar refractivity (Wildman–Crippen MR) is 85.1 cm³/mol. The molecule has 1 aliphatic carbocycles. The average Bonchev–Trinajstić information content (AvgIpc) is 2.58. The van der Waals surface area contributed by atoms with Crippen LogP contribution >= 0.6 is 0 Å². The molecule has 2 unspecified atom stereocenters. The molecule has 2 aliphatic rings. The van der Waals surface area contributed by atoms with Gasteiger partial charge in [-0.05, 0) is 44.4 Å². The van der Waals surface area contributed by atoms with Gasteiger partial charge in [0.25, 0.3) is 0 Å². The van der Waals surface area contributed by atoms with E-state index in [1.807, 2.05) is 0 Å². The number of rotatable bonds is 8. The van der Waals surface area contributed by atoms with Gasteiger partial charge < -0.3 is 19.9 Å². The highest BCUT2D eigenvalue weighted by Crippen LogP contribution is 2.29. The van der Waals surface area contributed by atoms with Crippen LogP contribution in [0, 0.1) is 17.8 Å². The second-order valence-corrected chi connectivity index (χ2v) is 6.67. The van der Waals surface area contributed by atoms with Crippen molar-refractivity contribution >= 4 is 11.9 Å². The number of ether oxygens (including phenoxy) is 2. The minimum Gasteiger partial charge on any atom is -0.481 e. The van der Waals surface area contributed by atoms with Crippen LogP contribution in [0.15, 0.2) is 0 Å². The largest absolute Gasteiger partial charge is 0.481 e. The van der Waals surface area contributed by atoms with Crippen LogP contribution in [-0.4, -0.2) is 50.0 Å². The molecule has 0 spiro atoms. The predicted octanol–water partition coefficient (Wildman–Crippen LogP) is 1.83. The molecule has 23 heavy (non-hydrogen) atoms. The third-order valence-electron chi connectivity index (χ3n) is 4.85. The van der Waals surface area contributed by atoms with Crippen LogP contribution in [0.4, 0.5) is 0 Å². The lowest BCUT2D eigenvalue weighted by Gasteiger charge is -2.25. The van der Waals surface area contributed by atoms with E-state index in [0.717, 1.165) is 51.9 Å². The molecule has 0 radical (unpaired) electrons. The molecule has 1 saturated carbocycles. The summed E-state index contributed by atoms with van der Waals surface area (Å²) in [7, 11) is 0. The van der Waals surface area contributed by atoms with Crippen molar-refractivity contribution in [2.24, 2.45) is 17.8 Å². The van der Waals surface area contributed by atoms with Crippen LogP contribution in [0.5, 0.6) is 0 Å². The fraction of sp³-hybridized carbons (Fsp3) is 0.882. The molecule has 1 heterocycles. The van der Waals surface area contributed by atoms with Crippen LogP contribution in [0.25, 0.3) is 0 Å². The third kappa shape index (κ3) is 6.47. The van der Waals surface area contributed by atoms with Crippen molar-refractivity contribution in [2.45, 2.75) is 44.9 Å². The van der Waals surface area contributed by atoms with Crippen LogP contribution in [0.1, 0.15) is 44.9 Å². The van der Waals surface area contributed by atoms with Gasteiger partial charge in [0.2, 0.25) is 5.91 Å². The molecular formula is C17H29NO5. The summed E-state index contributed by atoms with van der Waals surface area (Å²) >= 11 is 0. The van der Waals surface area contributed by atoms with Gasteiger partial charge in [0.15, 0.2) is 0 Å². The molecule has 0 aromatic heterocycles. The third-order valence-corrected chi connectivity index (χ3v) is 4.85. The van der Waals surface area contributed by atoms with Crippen LogP contribution in [-0.2, 0) is 19.1 Å². The Labute approximate surface area is 137 Å². The molecule has 2 fully saturated rings. The fourth-order valence-electron chi connectivity index (χ4n) is 3.35. The molecular weight excluding hydrogens is 298 g/mol. The van der Waals surface area contributed by atoms with Crippen LogP contribution in [0.2, 0.25) is 0 Å². The highest BCUT2D eigenvalue weighted by Gasteiger charge is 2.30. The summed E-state index contributed by atoms with van der Waals surface area (Å²) in [5, 5.41) is 12.0. The molecule has 2 atom stereocenters. The van der Waals surface area contributed by atoms with Gasteiger partial charge in [-0.25, -0.2) is 0 Å². The molecule has 6 nitrogen and oxygen atoms in total. The lowest BCUT2D eigenvalue weighted by molar-refractivity contribution is -0.144. The number of hydrogen-bond acceptors (Lipinski definition) is 4. The van der Waals surface area contributed by atoms with Gasteiger partial charge in [-0.2, -0.15) is 0 Å².